The van der Waals surface area contributed by atoms with Gasteiger partial charge in [0, 0.05) is 10.0 Å². The molecule has 2 fully saturated rings. The van der Waals surface area contributed by atoms with Gasteiger partial charge in [0.25, 0.3) is 0 Å². The Morgan fingerprint density at radius 3 is 1.48 bits per heavy atom. The van der Waals surface area contributed by atoms with Crippen molar-refractivity contribution in [2.75, 3.05) is 20.8 Å². The van der Waals surface area contributed by atoms with Crippen LogP contribution in [0.2, 0.25) is 10.0 Å². The quantitative estimate of drug-likeness (QED) is 0.127. The lowest BCUT2D eigenvalue weighted by Gasteiger charge is -2.44. The molecule has 2 saturated heterocycles. The van der Waals surface area contributed by atoms with E-state index < -0.39 is 37.1 Å². The maximum Gasteiger partial charge on any atom is 0.118 e. The summed E-state index contributed by atoms with van der Waals surface area (Å²) in [5.74, 6) is 3.34. The van der Waals surface area contributed by atoms with Gasteiger partial charge in [-0.3, -0.25) is 0 Å². The normalized spacial score (nSPS) is 28.1. The molecule has 0 unspecified atom stereocenters. The third-order valence-electron chi connectivity index (χ3n) is 11.2. The van der Waals surface area contributed by atoms with Crippen molar-refractivity contribution < 1.29 is 39.4 Å². The Balaban J connectivity index is 0.000000208. The van der Waals surface area contributed by atoms with Crippen LogP contribution in [-0.2, 0) is 22.3 Å². The molecule has 292 valence electrons. The summed E-state index contributed by atoms with van der Waals surface area (Å²) in [5, 5.41) is 41.0. The zero-order valence-electron chi connectivity index (χ0n) is 31.9. The standard InChI is InChI=1S/C24H31ClO2.C20H23ClO6/c1-6-23-16(3)15(2)17(4)24(27-23)19-9-12-22(25)20(14-19)13-18-7-10-21(26-5)11-8-18;1-26-14-5-2-11(3-6-14)8-13-9-12(4-7-15(13)21)20-19(25)18(24)17(23)16(10-22)27-20/h7-12,14-17,23-24H,6,13H2,1-5H3;2-7,9,16-20,22-25H,8,10H2,1H3/t15-,16-,17+,23+,24+;16-,17-,18+,19-,20+/m01/s1. The van der Waals surface area contributed by atoms with E-state index in [0.717, 1.165) is 46.1 Å². The number of rotatable bonds is 10. The van der Waals surface area contributed by atoms with Gasteiger partial charge in [0.15, 0.2) is 0 Å². The van der Waals surface area contributed by atoms with Crippen molar-refractivity contribution in [1.82, 2.24) is 0 Å². The van der Waals surface area contributed by atoms with Crippen molar-refractivity contribution in [3.8, 4) is 11.5 Å². The van der Waals surface area contributed by atoms with Gasteiger partial charge in [-0.05, 0) is 107 Å². The molecule has 4 N–H and O–H groups in total. The predicted octanol–water partition coefficient (Wildman–Crippen LogP) is 8.15. The van der Waals surface area contributed by atoms with Crippen LogP contribution in [-0.4, -0.2) is 71.8 Å². The highest BCUT2D eigenvalue weighted by Gasteiger charge is 2.44. The summed E-state index contributed by atoms with van der Waals surface area (Å²) in [4.78, 5) is 0. The molecule has 10 atom stereocenters. The summed E-state index contributed by atoms with van der Waals surface area (Å²) in [6.45, 7) is 8.76. The lowest BCUT2D eigenvalue weighted by molar-refractivity contribution is -0.231. The smallest absolute Gasteiger partial charge is 0.118 e. The molecule has 2 aliphatic heterocycles. The predicted molar refractivity (Wildman–Crippen MR) is 213 cm³/mol. The van der Waals surface area contributed by atoms with Crippen molar-refractivity contribution in [2.24, 2.45) is 17.8 Å². The first-order valence-electron chi connectivity index (χ1n) is 18.7. The average molecular weight is 782 g/mol. The molecule has 4 aromatic carbocycles. The van der Waals surface area contributed by atoms with Crippen LogP contribution in [0.3, 0.4) is 0 Å². The van der Waals surface area contributed by atoms with Crippen LogP contribution < -0.4 is 9.47 Å². The molecule has 4 aromatic rings. The van der Waals surface area contributed by atoms with Crippen molar-refractivity contribution in [1.29, 1.82) is 0 Å². The Hall–Kier alpha value is -3.18. The molecule has 0 spiro atoms. The van der Waals surface area contributed by atoms with E-state index in [0.29, 0.717) is 40.9 Å². The summed E-state index contributed by atoms with van der Waals surface area (Å²) in [5.41, 5.74) is 6.09. The minimum atomic E-state index is -1.42. The van der Waals surface area contributed by atoms with E-state index in [1.54, 1.807) is 32.4 Å². The molecule has 0 bridgehead atoms. The number of aliphatic hydroxyl groups is 4. The highest BCUT2D eigenvalue weighted by Crippen LogP contribution is 2.44. The second-order valence-corrected chi connectivity index (χ2v) is 15.4. The van der Waals surface area contributed by atoms with Crippen LogP contribution >= 0.6 is 23.2 Å². The molecule has 0 amide bonds. The molecule has 8 nitrogen and oxygen atoms in total. The number of hydrogen-bond acceptors (Lipinski definition) is 8. The van der Waals surface area contributed by atoms with E-state index >= 15 is 0 Å². The summed E-state index contributed by atoms with van der Waals surface area (Å²) in [6.07, 6.45) is -3.07. The summed E-state index contributed by atoms with van der Waals surface area (Å²) >= 11 is 12.9. The number of benzene rings is 4. The van der Waals surface area contributed by atoms with Crippen molar-refractivity contribution >= 4 is 23.2 Å². The zero-order valence-corrected chi connectivity index (χ0v) is 33.4. The molecular formula is C44H54Cl2O8. The van der Waals surface area contributed by atoms with Crippen LogP contribution in [0.4, 0.5) is 0 Å². The van der Waals surface area contributed by atoms with Gasteiger partial charge in [0.05, 0.1) is 33.0 Å². The molecule has 2 aliphatic rings. The third-order valence-corrected chi connectivity index (χ3v) is 12.0. The molecule has 10 heteroatoms. The summed E-state index contributed by atoms with van der Waals surface area (Å²) < 4.78 is 22.6. The molecule has 0 aliphatic carbocycles. The highest BCUT2D eigenvalue weighted by molar-refractivity contribution is 6.31. The minimum Gasteiger partial charge on any atom is -0.497 e. The van der Waals surface area contributed by atoms with E-state index in [1.807, 2.05) is 42.5 Å². The first-order valence-corrected chi connectivity index (χ1v) is 19.4. The fourth-order valence-corrected chi connectivity index (χ4v) is 7.87. The fourth-order valence-electron chi connectivity index (χ4n) is 7.50. The summed E-state index contributed by atoms with van der Waals surface area (Å²) in [6, 6.07) is 27.4. The molecule has 0 aromatic heterocycles. The van der Waals surface area contributed by atoms with Gasteiger partial charge >= 0.3 is 0 Å². The van der Waals surface area contributed by atoms with Crippen molar-refractivity contribution in [3.63, 3.8) is 0 Å². The Labute approximate surface area is 329 Å². The third kappa shape index (κ3) is 9.78. The van der Waals surface area contributed by atoms with Crippen LogP contribution in [0.15, 0.2) is 84.9 Å². The SMILES string of the molecule is CC[C@H]1O[C@@H](c2ccc(Cl)c(Cc3ccc(OC)cc3)c2)[C@H](C)[C@@H](C)[C@@H]1C.COc1ccc(Cc2cc([C@@H]3O[C@H](CO)[C@@H](O)[C@H](O)[C@H]3O)ccc2Cl)cc1. The topological polar surface area (TPSA) is 118 Å². The van der Waals surface area contributed by atoms with Crippen molar-refractivity contribution in [2.45, 2.75) is 89.7 Å². The Morgan fingerprint density at radius 1 is 0.574 bits per heavy atom. The van der Waals surface area contributed by atoms with Gasteiger partial charge in [-0.1, -0.05) is 99.4 Å². The first kappa shape index (κ1) is 42.0. The number of methoxy groups -OCH3 is 2. The van der Waals surface area contributed by atoms with Crippen LogP contribution in [0.25, 0.3) is 0 Å². The average Bonchev–Trinajstić information content (AvgIpc) is 3.19. The van der Waals surface area contributed by atoms with E-state index in [1.165, 1.54) is 11.1 Å². The second-order valence-electron chi connectivity index (χ2n) is 14.6. The van der Waals surface area contributed by atoms with Crippen LogP contribution in [0.1, 0.15) is 79.7 Å². The highest BCUT2D eigenvalue weighted by atomic mass is 35.5. The molecule has 6 rings (SSSR count). The monoisotopic (exact) mass is 780 g/mol. The van der Waals surface area contributed by atoms with E-state index in [9.17, 15) is 20.4 Å². The lowest BCUT2D eigenvalue weighted by Crippen LogP contribution is -2.55. The van der Waals surface area contributed by atoms with Gasteiger partial charge < -0.3 is 39.4 Å². The minimum absolute atomic E-state index is 0.132. The maximum absolute atomic E-state index is 10.3. The Morgan fingerprint density at radius 2 is 1.04 bits per heavy atom. The van der Waals surface area contributed by atoms with Gasteiger partial charge in [0.1, 0.15) is 42.0 Å². The number of hydrogen-bond donors (Lipinski definition) is 4. The van der Waals surface area contributed by atoms with E-state index in [2.05, 4.69) is 52.0 Å². The maximum atomic E-state index is 10.3. The van der Waals surface area contributed by atoms with Gasteiger partial charge in [0.2, 0.25) is 0 Å². The van der Waals surface area contributed by atoms with Gasteiger partial charge in [-0.15, -0.1) is 0 Å². The summed E-state index contributed by atoms with van der Waals surface area (Å²) in [7, 11) is 3.29. The zero-order chi connectivity index (χ0) is 39.1. The van der Waals surface area contributed by atoms with Gasteiger partial charge in [-0.2, -0.15) is 0 Å². The Kier molecular flexibility index (Phi) is 14.9. The lowest BCUT2D eigenvalue weighted by atomic mass is 9.74. The fraction of sp³-hybridized carbons (Fsp3) is 0.455. The second kappa shape index (κ2) is 19.1. The number of ether oxygens (including phenoxy) is 4. The largest absolute Gasteiger partial charge is 0.497 e. The van der Waals surface area contributed by atoms with E-state index in [-0.39, 0.29) is 6.10 Å². The molecular weight excluding hydrogens is 727 g/mol. The van der Waals surface area contributed by atoms with Crippen LogP contribution in [0, 0.1) is 17.8 Å². The molecule has 54 heavy (non-hydrogen) atoms. The number of halogens is 2. The Bertz CT molecular complexity index is 1650. The first-order chi connectivity index (χ1) is 25.9. The van der Waals surface area contributed by atoms with Gasteiger partial charge in [-0.25, -0.2) is 0 Å². The molecule has 0 saturated carbocycles. The molecule has 2 heterocycles. The van der Waals surface area contributed by atoms with E-state index in [4.69, 9.17) is 42.1 Å². The van der Waals surface area contributed by atoms with Crippen molar-refractivity contribution in [3.05, 3.63) is 128 Å². The number of aliphatic hydroxyl groups excluding tert-OH is 4. The van der Waals surface area contributed by atoms with Crippen LogP contribution in [0.5, 0.6) is 11.5 Å². The molecule has 0 radical (unpaired) electrons.